The van der Waals surface area contributed by atoms with Crippen LogP contribution in [0.15, 0.2) is 42.7 Å². The van der Waals surface area contributed by atoms with Crippen LogP contribution in [0.1, 0.15) is 5.56 Å². The molecule has 3 rings (SSSR count). The highest BCUT2D eigenvalue weighted by molar-refractivity contribution is 6.31. The van der Waals surface area contributed by atoms with Crippen LogP contribution in [-0.4, -0.2) is 9.97 Å². The van der Waals surface area contributed by atoms with E-state index >= 15 is 0 Å². The number of nitrogens with two attached hydrogens (primary N) is 1. The predicted molar refractivity (Wildman–Crippen MR) is 83.4 cm³/mol. The predicted octanol–water partition coefficient (Wildman–Crippen LogP) is 3.48. The molecule has 3 N–H and O–H groups in total. The first kappa shape index (κ1) is 13.2. The molecule has 0 aliphatic rings. The molecular weight excluding hydrogens is 286 g/mol. The quantitative estimate of drug-likeness (QED) is 0.707. The second kappa shape index (κ2) is 5.27. The zero-order chi connectivity index (χ0) is 14.8. The standard InChI is InChI=1S/C15H10ClN5/c16-10-2-1-9(7-17)14(5-10)21-15-12-6-11(18)3-4-13(12)19-8-20-15/h1-6,8H,18H2,(H,19,20,21). The van der Waals surface area contributed by atoms with Crippen LogP contribution in [0.2, 0.25) is 5.02 Å². The molecule has 0 atom stereocenters. The van der Waals surface area contributed by atoms with Crippen LogP contribution in [-0.2, 0) is 0 Å². The van der Waals surface area contributed by atoms with Crippen molar-refractivity contribution in [2.45, 2.75) is 0 Å². The molecule has 0 radical (unpaired) electrons. The molecule has 0 spiro atoms. The molecule has 0 saturated carbocycles. The van der Waals surface area contributed by atoms with Crippen molar-refractivity contribution in [2.75, 3.05) is 11.1 Å². The fourth-order valence-corrected chi connectivity index (χ4v) is 2.19. The fraction of sp³-hybridized carbons (Fsp3) is 0. The molecule has 6 heteroatoms. The van der Waals surface area contributed by atoms with Crippen molar-refractivity contribution in [1.82, 2.24) is 9.97 Å². The number of rotatable bonds is 2. The van der Waals surface area contributed by atoms with Gasteiger partial charge in [-0.3, -0.25) is 0 Å². The van der Waals surface area contributed by atoms with Crippen LogP contribution >= 0.6 is 11.6 Å². The van der Waals surface area contributed by atoms with Gasteiger partial charge in [0.2, 0.25) is 0 Å². The van der Waals surface area contributed by atoms with E-state index in [9.17, 15) is 0 Å². The Morgan fingerprint density at radius 2 is 2.00 bits per heavy atom. The number of aromatic nitrogens is 2. The molecule has 0 aliphatic heterocycles. The van der Waals surface area contributed by atoms with Crippen LogP contribution in [0.25, 0.3) is 10.9 Å². The zero-order valence-corrected chi connectivity index (χ0v) is 11.6. The monoisotopic (exact) mass is 295 g/mol. The molecule has 0 amide bonds. The second-order valence-electron chi connectivity index (χ2n) is 4.43. The molecular formula is C15H10ClN5. The fourth-order valence-electron chi connectivity index (χ4n) is 2.02. The first-order valence-electron chi connectivity index (χ1n) is 6.14. The van der Waals surface area contributed by atoms with Crippen LogP contribution < -0.4 is 11.1 Å². The van der Waals surface area contributed by atoms with Crippen molar-refractivity contribution in [3.05, 3.63) is 53.3 Å². The van der Waals surface area contributed by atoms with E-state index in [4.69, 9.17) is 22.6 Å². The van der Waals surface area contributed by atoms with Gasteiger partial charge in [-0.05, 0) is 36.4 Å². The molecule has 102 valence electrons. The maximum Gasteiger partial charge on any atom is 0.141 e. The number of hydrogen-bond acceptors (Lipinski definition) is 5. The van der Waals surface area contributed by atoms with E-state index in [0.717, 1.165) is 10.9 Å². The van der Waals surface area contributed by atoms with Gasteiger partial charge in [0.1, 0.15) is 18.2 Å². The summed E-state index contributed by atoms with van der Waals surface area (Å²) in [7, 11) is 0. The average molecular weight is 296 g/mol. The van der Waals surface area contributed by atoms with Gasteiger partial charge in [-0.25, -0.2) is 9.97 Å². The minimum absolute atomic E-state index is 0.482. The number of hydrogen-bond donors (Lipinski definition) is 2. The number of nitrogens with zero attached hydrogens (tertiary/aromatic N) is 3. The number of nitrogens with one attached hydrogen (secondary N) is 1. The molecule has 0 fully saturated rings. The number of nitrogen functional groups attached to an aromatic ring is 1. The third-order valence-electron chi connectivity index (χ3n) is 3.01. The topological polar surface area (TPSA) is 87.6 Å². The maximum absolute atomic E-state index is 9.16. The summed E-state index contributed by atoms with van der Waals surface area (Å²) in [5, 5.41) is 13.6. The lowest BCUT2D eigenvalue weighted by molar-refractivity contribution is 1.22. The third-order valence-corrected chi connectivity index (χ3v) is 3.25. The zero-order valence-electron chi connectivity index (χ0n) is 10.8. The van der Waals surface area contributed by atoms with Crippen molar-refractivity contribution in [3.63, 3.8) is 0 Å². The normalized spacial score (nSPS) is 10.3. The molecule has 3 aromatic rings. The summed E-state index contributed by atoms with van der Waals surface area (Å²) in [5.74, 6) is 0.575. The number of halogens is 1. The van der Waals surface area contributed by atoms with Gasteiger partial charge in [0.05, 0.1) is 16.8 Å². The van der Waals surface area contributed by atoms with E-state index in [1.54, 1.807) is 30.3 Å². The number of benzene rings is 2. The van der Waals surface area contributed by atoms with Crippen molar-refractivity contribution >= 4 is 39.7 Å². The lowest BCUT2D eigenvalue weighted by atomic mass is 10.1. The van der Waals surface area contributed by atoms with Gasteiger partial charge in [0, 0.05) is 16.1 Å². The van der Waals surface area contributed by atoms with Gasteiger partial charge < -0.3 is 11.1 Å². The third kappa shape index (κ3) is 2.57. The summed E-state index contributed by atoms with van der Waals surface area (Å²) in [4.78, 5) is 8.41. The SMILES string of the molecule is N#Cc1ccc(Cl)cc1Nc1ncnc2ccc(N)cc12. The number of anilines is 3. The summed E-state index contributed by atoms with van der Waals surface area (Å²) < 4.78 is 0. The highest BCUT2D eigenvalue weighted by Gasteiger charge is 2.08. The molecule has 0 saturated heterocycles. The number of fused-ring (bicyclic) bond motifs is 1. The molecule has 2 aromatic carbocycles. The Labute approximate surface area is 126 Å². The molecule has 5 nitrogen and oxygen atoms in total. The Morgan fingerprint density at radius 3 is 2.81 bits per heavy atom. The van der Waals surface area contributed by atoms with Gasteiger partial charge in [-0.2, -0.15) is 5.26 Å². The Hall–Kier alpha value is -2.84. The highest BCUT2D eigenvalue weighted by atomic mass is 35.5. The molecule has 0 unspecified atom stereocenters. The van der Waals surface area contributed by atoms with Crippen LogP contribution in [0, 0.1) is 11.3 Å². The Balaban J connectivity index is 2.13. The van der Waals surface area contributed by atoms with Crippen LogP contribution in [0.4, 0.5) is 17.2 Å². The summed E-state index contributed by atoms with van der Waals surface area (Å²) >= 11 is 5.98. The van der Waals surface area contributed by atoms with Crippen LogP contribution in [0.3, 0.4) is 0 Å². The Kier molecular flexibility index (Phi) is 3.30. The van der Waals surface area contributed by atoms with E-state index in [0.29, 0.717) is 27.8 Å². The van der Waals surface area contributed by atoms with Crippen molar-refractivity contribution in [2.24, 2.45) is 0 Å². The first-order valence-corrected chi connectivity index (χ1v) is 6.52. The van der Waals surface area contributed by atoms with E-state index in [1.807, 2.05) is 6.07 Å². The lowest BCUT2D eigenvalue weighted by Crippen LogP contribution is -1.98. The summed E-state index contributed by atoms with van der Waals surface area (Å²) in [6, 6.07) is 12.5. The smallest absolute Gasteiger partial charge is 0.141 e. The lowest BCUT2D eigenvalue weighted by Gasteiger charge is -2.10. The molecule has 1 aromatic heterocycles. The van der Waals surface area contributed by atoms with E-state index in [1.165, 1.54) is 6.33 Å². The molecule has 0 bridgehead atoms. The van der Waals surface area contributed by atoms with E-state index < -0.39 is 0 Å². The van der Waals surface area contributed by atoms with Gasteiger partial charge in [0.15, 0.2) is 0 Å². The summed E-state index contributed by atoms with van der Waals surface area (Å²) in [6.07, 6.45) is 1.46. The molecule has 21 heavy (non-hydrogen) atoms. The highest BCUT2D eigenvalue weighted by Crippen LogP contribution is 2.28. The van der Waals surface area contributed by atoms with Gasteiger partial charge in [0.25, 0.3) is 0 Å². The minimum atomic E-state index is 0.482. The number of nitriles is 1. The van der Waals surface area contributed by atoms with E-state index in [2.05, 4.69) is 21.4 Å². The minimum Gasteiger partial charge on any atom is -0.399 e. The summed E-state index contributed by atoms with van der Waals surface area (Å²) in [5.41, 5.74) is 8.26. The average Bonchev–Trinajstić information content (AvgIpc) is 2.48. The van der Waals surface area contributed by atoms with E-state index in [-0.39, 0.29) is 0 Å². The first-order chi connectivity index (χ1) is 10.2. The molecule has 1 heterocycles. The molecule has 0 aliphatic carbocycles. The van der Waals surface area contributed by atoms with Crippen LogP contribution in [0.5, 0.6) is 0 Å². The Morgan fingerprint density at radius 1 is 1.14 bits per heavy atom. The second-order valence-corrected chi connectivity index (χ2v) is 4.86. The van der Waals surface area contributed by atoms with Gasteiger partial charge in [-0.15, -0.1) is 0 Å². The largest absolute Gasteiger partial charge is 0.399 e. The van der Waals surface area contributed by atoms with Crippen molar-refractivity contribution in [1.29, 1.82) is 5.26 Å². The van der Waals surface area contributed by atoms with Crippen molar-refractivity contribution < 1.29 is 0 Å². The Bertz CT molecular complexity index is 870. The van der Waals surface area contributed by atoms with Gasteiger partial charge >= 0.3 is 0 Å². The van der Waals surface area contributed by atoms with Crippen molar-refractivity contribution in [3.8, 4) is 6.07 Å². The van der Waals surface area contributed by atoms with Gasteiger partial charge in [-0.1, -0.05) is 11.6 Å². The maximum atomic E-state index is 9.16. The summed E-state index contributed by atoms with van der Waals surface area (Å²) in [6.45, 7) is 0.